The number of aromatic nitrogens is 2. The van der Waals surface area contributed by atoms with Gasteiger partial charge in [-0.05, 0) is 24.1 Å². The third-order valence-corrected chi connectivity index (χ3v) is 2.73. The van der Waals surface area contributed by atoms with Crippen molar-refractivity contribution in [3.63, 3.8) is 0 Å². The maximum Gasteiger partial charge on any atom is 0.309 e. The van der Waals surface area contributed by atoms with E-state index in [4.69, 9.17) is 9.84 Å². The number of benzene rings is 1. The van der Waals surface area contributed by atoms with E-state index < -0.39 is 5.97 Å². The molecule has 0 saturated carbocycles. The molecule has 0 aliphatic rings. The summed E-state index contributed by atoms with van der Waals surface area (Å²) in [5.74, 6) is 0.510. The number of aliphatic carboxylic acids is 1. The van der Waals surface area contributed by atoms with E-state index >= 15 is 0 Å². The van der Waals surface area contributed by atoms with E-state index in [-0.39, 0.29) is 6.42 Å². The largest absolute Gasteiger partial charge is 0.486 e. The molecule has 0 radical (unpaired) electrons. The Morgan fingerprint density at radius 2 is 2.11 bits per heavy atom. The van der Waals surface area contributed by atoms with Crippen LogP contribution >= 0.6 is 0 Å². The molecule has 0 unspecified atom stereocenters. The average molecular weight is 260 g/mol. The van der Waals surface area contributed by atoms with E-state index in [1.807, 2.05) is 24.3 Å². The average Bonchev–Trinajstić information content (AvgIpc) is 2.84. The summed E-state index contributed by atoms with van der Waals surface area (Å²) < 4.78 is 5.57. The fourth-order valence-corrected chi connectivity index (χ4v) is 1.70. The number of carbonyl (C=O) groups is 1. The zero-order valence-corrected chi connectivity index (χ0v) is 10.7. The predicted octanol–water partition coefficient (Wildman–Crippen LogP) is 2.18. The fraction of sp³-hybridized carbons (Fsp3) is 0.286. The minimum absolute atomic E-state index is 0.0573. The third kappa shape index (κ3) is 3.84. The number of imidazole rings is 1. The number of hydrogen-bond acceptors (Lipinski definition) is 3. The molecule has 0 aliphatic carbocycles. The maximum absolute atomic E-state index is 10.5. The minimum atomic E-state index is -0.883. The number of ether oxygens (including phenoxy) is 1. The summed E-state index contributed by atoms with van der Waals surface area (Å²) in [6, 6.07) is 7.88. The van der Waals surface area contributed by atoms with Crippen molar-refractivity contribution in [3.05, 3.63) is 47.5 Å². The third-order valence-electron chi connectivity index (χ3n) is 2.73. The Hall–Kier alpha value is -2.30. The van der Waals surface area contributed by atoms with Crippen LogP contribution in [-0.4, -0.2) is 21.0 Å². The molecule has 19 heavy (non-hydrogen) atoms. The van der Waals surface area contributed by atoms with Gasteiger partial charge in [0.1, 0.15) is 18.2 Å². The number of carboxylic acids is 1. The Labute approximate surface area is 111 Å². The van der Waals surface area contributed by atoms with Crippen molar-refractivity contribution in [2.75, 3.05) is 0 Å². The van der Waals surface area contributed by atoms with Gasteiger partial charge in [-0.2, -0.15) is 0 Å². The van der Waals surface area contributed by atoms with Crippen molar-refractivity contribution in [1.29, 1.82) is 0 Å². The van der Waals surface area contributed by atoms with Crippen molar-refractivity contribution >= 4 is 5.97 Å². The summed E-state index contributed by atoms with van der Waals surface area (Å²) in [5.41, 5.74) is 1.83. The number of aryl methyl sites for hydroxylation is 1. The van der Waals surface area contributed by atoms with E-state index in [2.05, 4.69) is 16.9 Å². The smallest absolute Gasteiger partial charge is 0.309 e. The minimum Gasteiger partial charge on any atom is -0.486 e. The van der Waals surface area contributed by atoms with Crippen molar-refractivity contribution in [2.45, 2.75) is 26.4 Å². The second-order valence-electron chi connectivity index (χ2n) is 4.21. The Morgan fingerprint density at radius 3 is 2.74 bits per heavy atom. The summed E-state index contributed by atoms with van der Waals surface area (Å²) in [7, 11) is 0. The first kappa shape index (κ1) is 13.1. The zero-order chi connectivity index (χ0) is 13.7. The predicted molar refractivity (Wildman–Crippen MR) is 70.1 cm³/mol. The summed E-state index contributed by atoms with van der Waals surface area (Å²) >= 11 is 0. The fourth-order valence-electron chi connectivity index (χ4n) is 1.70. The highest BCUT2D eigenvalue weighted by atomic mass is 16.5. The lowest BCUT2D eigenvalue weighted by Crippen LogP contribution is -2.01. The van der Waals surface area contributed by atoms with Gasteiger partial charge < -0.3 is 14.8 Å². The molecule has 2 aromatic rings. The standard InChI is InChI=1S/C14H16N2O3/c1-2-10-3-5-12(6-4-10)19-9-13-15-8-11(16-13)7-14(17)18/h3-6,8H,2,7,9H2,1H3,(H,15,16)(H,17,18). The van der Waals surface area contributed by atoms with Gasteiger partial charge in [0.2, 0.25) is 0 Å². The molecule has 100 valence electrons. The molecule has 0 atom stereocenters. The van der Waals surface area contributed by atoms with Crippen LogP contribution in [0.2, 0.25) is 0 Å². The van der Waals surface area contributed by atoms with Crippen LogP contribution in [-0.2, 0) is 24.2 Å². The van der Waals surface area contributed by atoms with Crippen LogP contribution in [0.4, 0.5) is 0 Å². The van der Waals surface area contributed by atoms with Gasteiger partial charge in [0.15, 0.2) is 0 Å². The molecular weight excluding hydrogens is 244 g/mol. The lowest BCUT2D eigenvalue weighted by molar-refractivity contribution is -0.136. The lowest BCUT2D eigenvalue weighted by atomic mass is 10.2. The molecule has 0 saturated heterocycles. The van der Waals surface area contributed by atoms with E-state index in [0.717, 1.165) is 12.2 Å². The molecule has 1 aromatic heterocycles. The van der Waals surface area contributed by atoms with Crippen LogP contribution in [0, 0.1) is 0 Å². The lowest BCUT2D eigenvalue weighted by Gasteiger charge is -2.04. The molecule has 0 fully saturated rings. The maximum atomic E-state index is 10.5. The molecule has 0 spiro atoms. The Morgan fingerprint density at radius 1 is 1.37 bits per heavy atom. The summed E-state index contributed by atoms with van der Waals surface area (Å²) in [5, 5.41) is 8.65. The molecule has 0 aliphatic heterocycles. The number of carboxylic acid groups (broad SMARTS) is 1. The number of nitrogens with zero attached hydrogens (tertiary/aromatic N) is 1. The number of H-pyrrole nitrogens is 1. The van der Waals surface area contributed by atoms with Crippen LogP contribution in [0.3, 0.4) is 0 Å². The molecular formula is C14H16N2O3. The Balaban J connectivity index is 1.90. The first-order valence-electron chi connectivity index (χ1n) is 6.13. The molecule has 2 rings (SSSR count). The first-order valence-corrected chi connectivity index (χ1v) is 6.13. The number of hydrogen-bond donors (Lipinski definition) is 2. The second kappa shape index (κ2) is 6.04. The van der Waals surface area contributed by atoms with Crippen molar-refractivity contribution in [1.82, 2.24) is 9.97 Å². The van der Waals surface area contributed by atoms with Gasteiger partial charge in [-0.15, -0.1) is 0 Å². The van der Waals surface area contributed by atoms with E-state index in [1.165, 1.54) is 11.8 Å². The molecule has 2 N–H and O–H groups in total. The Bertz CT molecular complexity index is 546. The van der Waals surface area contributed by atoms with Crippen LogP contribution in [0.25, 0.3) is 0 Å². The van der Waals surface area contributed by atoms with Gasteiger partial charge in [-0.3, -0.25) is 4.79 Å². The van der Waals surface area contributed by atoms with Crippen LogP contribution < -0.4 is 4.74 Å². The highest BCUT2D eigenvalue weighted by Crippen LogP contribution is 2.13. The van der Waals surface area contributed by atoms with Crippen LogP contribution in [0.5, 0.6) is 5.75 Å². The van der Waals surface area contributed by atoms with Crippen LogP contribution in [0.1, 0.15) is 24.0 Å². The van der Waals surface area contributed by atoms with Gasteiger partial charge in [-0.1, -0.05) is 19.1 Å². The van der Waals surface area contributed by atoms with E-state index in [1.54, 1.807) is 0 Å². The molecule has 1 aromatic carbocycles. The molecule has 1 heterocycles. The molecule has 0 amide bonds. The number of rotatable bonds is 6. The van der Waals surface area contributed by atoms with E-state index in [9.17, 15) is 4.79 Å². The highest BCUT2D eigenvalue weighted by Gasteiger charge is 2.05. The van der Waals surface area contributed by atoms with Gasteiger partial charge in [0, 0.05) is 11.9 Å². The van der Waals surface area contributed by atoms with Crippen molar-refractivity contribution < 1.29 is 14.6 Å². The summed E-state index contributed by atoms with van der Waals surface area (Å²) in [4.78, 5) is 17.5. The Kier molecular flexibility index (Phi) is 4.18. The topological polar surface area (TPSA) is 75.2 Å². The summed E-state index contributed by atoms with van der Waals surface area (Å²) in [6.45, 7) is 2.40. The van der Waals surface area contributed by atoms with Gasteiger partial charge >= 0.3 is 5.97 Å². The van der Waals surface area contributed by atoms with Gasteiger partial charge in [0.25, 0.3) is 0 Å². The normalized spacial score (nSPS) is 10.4. The van der Waals surface area contributed by atoms with Gasteiger partial charge in [0.05, 0.1) is 6.42 Å². The van der Waals surface area contributed by atoms with E-state index in [0.29, 0.717) is 18.1 Å². The SMILES string of the molecule is CCc1ccc(OCc2ncc(CC(=O)O)[nH]2)cc1. The number of nitrogens with one attached hydrogen (secondary N) is 1. The molecule has 5 heteroatoms. The monoisotopic (exact) mass is 260 g/mol. The highest BCUT2D eigenvalue weighted by molar-refractivity contribution is 5.69. The molecule has 0 bridgehead atoms. The first-order chi connectivity index (χ1) is 9.17. The molecule has 5 nitrogen and oxygen atoms in total. The zero-order valence-electron chi connectivity index (χ0n) is 10.7. The van der Waals surface area contributed by atoms with Crippen LogP contribution in [0.15, 0.2) is 30.5 Å². The summed E-state index contributed by atoms with van der Waals surface area (Å²) in [6.07, 6.45) is 2.46. The second-order valence-corrected chi connectivity index (χ2v) is 4.21. The number of aromatic amines is 1. The van der Waals surface area contributed by atoms with Gasteiger partial charge in [-0.25, -0.2) is 4.98 Å². The van der Waals surface area contributed by atoms with Crippen molar-refractivity contribution in [3.8, 4) is 5.75 Å². The quantitative estimate of drug-likeness (QED) is 0.834. The van der Waals surface area contributed by atoms with Crippen molar-refractivity contribution in [2.24, 2.45) is 0 Å².